The van der Waals surface area contributed by atoms with Crippen LogP contribution in [0.15, 0.2) is 66.2 Å². The number of imide groups is 2. The summed E-state index contributed by atoms with van der Waals surface area (Å²) in [5, 5.41) is 19.3. The first-order valence-electron chi connectivity index (χ1n) is 18.9. The molecule has 9 rings (SSSR count). The number of halogens is 5. The Labute approximate surface area is 354 Å². The number of fused-ring (bicyclic) bond motifs is 5. The van der Waals surface area contributed by atoms with Gasteiger partial charge in [-0.05, 0) is 92.1 Å². The quantitative estimate of drug-likeness (QED) is 0.132. The van der Waals surface area contributed by atoms with Gasteiger partial charge in [0.2, 0.25) is 11.8 Å². The van der Waals surface area contributed by atoms with Crippen LogP contribution in [0.2, 0.25) is 10.0 Å². The van der Waals surface area contributed by atoms with Crippen LogP contribution < -0.4 is 14.6 Å². The lowest BCUT2D eigenvalue weighted by Gasteiger charge is -2.49. The molecule has 0 spiro atoms. The Morgan fingerprint density at radius 1 is 1.00 bits per heavy atom. The fourth-order valence-corrected chi connectivity index (χ4v) is 11.4. The number of anilines is 2. The number of carbonyl (C=O) groups is 4. The van der Waals surface area contributed by atoms with Gasteiger partial charge in [-0.25, -0.2) is 9.88 Å². The second kappa shape index (κ2) is 13.8. The number of hydrazine groups is 1. The average molecular weight is 880 g/mol. The molecule has 60 heavy (non-hydrogen) atoms. The minimum atomic E-state index is -4.83. The summed E-state index contributed by atoms with van der Waals surface area (Å²) in [6, 6.07) is 13.6. The molecule has 18 heteroatoms. The number of alkyl halides is 3. The summed E-state index contributed by atoms with van der Waals surface area (Å²) >= 11 is 14.1. The standard InChI is InChI=1S/C42H35Cl2F3N6O6S/c1-18-23-14-19(43)6-12-30(23)60-35(18)28-17-32(50(3)49-28)52-38(56)26-16-24-21(34(41(26,2)40(52)58)25-15-20(59-5)7-11-29(25)54)8-9-22-33(24)39(57)53(37(22)55)51(4)36-27(44)10-13-31(48-36)42(45,46)47/h6-8,10-15,17,22,24,26,33-34,54H,9,16H2,1-5H3/t22-,24+,26-,33-,34+,41+/m0/s1. The molecule has 0 bridgehead atoms. The number of aromatic hydroxyl groups is 1. The summed E-state index contributed by atoms with van der Waals surface area (Å²) in [5.41, 5.74) is -0.438. The highest BCUT2D eigenvalue weighted by molar-refractivity contribution is 7.22. The fraction of sp³-hybridized carbons (Fsp3) is 0.333. The Hall–Kier alpha value is -5.45. The van der Waals surface area contributed by atoms with Gasteiger partial charge in [0.05, 0.1) is 40.2 Å². The van der Waals surface area contributed by atoms with Crippen LogP contribution in [0.5, 0.6) is 11.5 Å². The highest BCUT2D eigenvalue weighted by Crippen LogP contribution is 2.65. The number of rotatable bonds is 6. The van der Waals surface area contributed by atoms with Crippen LogP contribution in [0, 0.1) is 36.0 Å². The van der Waals surface area contributed by atoms with Crippen molar-refractivity contribution < 1.29 is 42.2 Å². The average Bonchev–Trinajstić information content (AvgIpc) is 3.87. The largest absolute Gasteiger partial charge is 0.508 e. The number of nitrogens with zero attached hydrogens (tertiary/aromatic N) is 6. The third-order valence-corrected chi connectivity index (χ3v) is 14.6. The van der Waals surface area contributed by atoms with Crippen LogP contribution in [0.1, 0.15) is 42.5 Å². The first kappa shape index (κ1) is 40.0. The lowest BCUT2D eigenvalue weighted by atomic mass is 9.51. The number of phenolic OH excluding ortho intramolecular Hbond substituents is 1. The molecule has 0 unspecified atom stereocenters. The molecule has 3 aromatic heterocycles. The van der Waals surface area contributed by atoms with Gasteiger partial charge in [-0.15, -0.1) is 11.3 Å². The van der Waals surface area contributed by atoms with Gasteiger partial charge in [-0.2, -0.15) is 23.3 Å². The molecule has 2 aromatic carbocycles. The molecule has 0 radical (unpaired) electrons. The first-order chi connectivity index (χ1) is 28.4. The van der Waals surface area contributed by atoms with Gasteiger partial charge in [0.1, 0.15) is 28.7 Å². The number of carbonyl (C=O) groups excluding carboxylic acids is 4. The van der Waals surface area contributed by atoms with E-state index in [-0.39, 0.29) is 35.0 Å². The van der Waals surface area contributed by atoms with Crippen molar-refractivity contribution >= 4 is 79.9 Å². The van der Waals surface area contributed by atoms with Crippen molar-refractivity contribution in [2.75, 3.05) is 24.1 Å². The van der Waals surface area contributed by atoms with E-state index >= 15 is 4.79 Å². The van der Waals surface area contributed by atoms with E-state index in [0.717, 1.165) is 41.5 Å². The van der Waals surface area contributed by atoms with Crippen LogP contribution in [-0.2, 0) is 32.4 Å². The second-order valence-corrected chi connectivity index (χ2v) is 17.7. The molecule has 2 aliphatic heterocycles. The lowest BCUT2D eigenvalue weighted by molar-refractivity contribution is -0.141. The van der Waals surface area contributed by atoms with Crippen molar-refractivity contribution in [2.45, 2.75) is 38.8 Å². The van der Waals surface area contributed by atoms with Gasteiger partial charge in [0.15, 0.2) is 5.82 Å². The summed E-state index contributed by atoms with van der Waals surface area (Å²) in [6.07, 6.45) is -3.02. The van der Waals surface area contributed by atoms with Crippen LogP contribution >= 0.6 is 34.5 Å². The van der Waals surface area contributed by atoms with E-state index in [2.05, 4.69) is 4.98 Å². The number of ether oxygens (including phenoxy) is 1. The third kappa shape index (κ3) is 5.70. The predicted octanol–water partition coefficient (Wildman–Crippen LogP) is 8.33. The maximum atomic E-state index is 15.2. The van der Waals surface area contributed by atoms with Crippen molar-refractivity contribution in [3.63, 3.8) is 0 Å². The maximum absolute atomic E-state index is 15.2. The van der Waals surface area contributed by atoms with E-state index in [1.165, 1.54) is 36.2 Å². The van der Waals surface area contributed by atoms with Gasteiger partial charge in [-0.3, -0.25) is 28.9 Å². The fourth-order valence-electron chi connectivity index (χ4n) is 9.87. The lowest BCUT2D eigenvalue weighted by Crippen LogP contribution is -2.49. The van der Waals surface area contributed by atoms with Crippen LogP contribution in [0.3, 0.4) is 0 Å². The zero-order valence-electron chi connectivity index (χ0n) is 32.5. The van der Waals surface area contributed by atoms with E-state index < -0.39 is 76.3 Å². The van der Waals surface area contributed by atoms with Crippen LogP contribution in [0.25, 0.3) is 20.7 Å². The molecule has 1 N–H and O–H groups in total. The zero-order chi connectivity index (χ0) is 42.9. The van der Waals surface area contributed by atoms with E-state index in [1.54, 1.807) is 44.3 Å². The Bertz CT molecular complexity index is 2750. The number of amides is 4. The summed E-state index contributed by atoms with van der Waals surface area (Å²) < 4.78 is 49.1. The van der Waals surface area contributed by atoms with Crippen LogP contribution in [0.4, 0.5) is 24.8 Å². The first-order valence-corrected chi connectivity index (χ1v) is 20.5. The molecule has 5 heterocycles. The minimum Gasteiger partial charge on any atom is -0.508 e. The van der Waals surface area contributed by atoms with E-state index in [0.29, 0.717) is 28.1 Å². The van der Waals surface area contributed by atoms with Crippen LogP contribution in [-0.4, -0.2) is 62.7 Å². The molecule has 4 amide bonds. The number of methoxy groups -OCH3 is 1. The van der Waals surface area contributed by atoms with E-state index in [4.69, 9.17) is 33.0 Å². The van der Waals surface area contributed by atoms with Gasteiger partial charge in [0, 0.05) is 41.4 Å². The van der Waals surface area contributed by atoms with Crippen molar-refractivity contribution in [1.82, 2.24) is 19.8 Å². The SMILES string of the molecule is COc1ccc(O)c([C@H]2C3=CC[C@@H]4C(=O)N(N(C)c5nc(C(F)(F)F)ccc5Cl)C(=O)[C@@H]4[C@@H]3C[C@H]3C(=O)N(c4cc(-c5sc6ccc(Cl)cc6c5C)nn4C)C(=O)[C@@]23C)c1. The molecule has 2 saturated heterocycles. The number of aryl methyl sites for hydroxylation is 2. The number of pyridine rings is 1. The van der Waals surface area contributed by atoms with E-state index in [1.807, 2.05) is 19.1 Å². The Balaban J connectivity index is 1.14. The summed E-state index contributed by atoms with van der Waals surface area (Å²) in [7, 11) is 4.33. The predicted molar refractivity (Wildman–Crippen MR) is 218 cm³/mol. The number of thiophene rings is 1. The van der Waals surface area contributed by atoms with Gasteiger partial charge < -0.3 is 9.84 Å². The molecule has 1 saturated carbocycles. The number of hydrogen-bond donors (Lipinski definition) is 1. The number of benzene rings is 2. The van der Waals surface area contributed by atoms with Crippen molar-refractivity contribution in [3.8, 4) is 22.1 Å². The molecule has 12 nitrogen and oxygen atoms in total. The summed E-state index contributed by atoms with van der Waals surface area (Å²) in [5.74, 6) is -7.38. The Kier molecular flexibility index (Phi) is 9.19. The minimum absolute atomic E-state index is 0.0220. The van der Waals surface area contributed by atoms with Gasteiger partial charge in [-0.1, -0.05) is 34.9 Å². The molecule has 5 aromatic rings. The molecule has 310 valence electrons. The smallest absolute Gasteiger partial charge is 0.433 e. The van der Waals surface area contributed by atoms with Crippen molar-refractivity contribution in [3.05, 3.63) is 93.1 Å². The molecular formula is C42H35Cl2F3N6O6S. The van der Waals surface area contributed by atoms with Gasteiger partial charge >= 0.3 is 6.18 Å². The number of hydrogen-bond acceptors (Lipinski definition) is 10. The molecule has 2 aliphatic carbocycles. The summed E-state index contributed by atoms with van der Waals surface area (Å²) in [4.78, 5) is 64.5. The normalized spacial score (nSPS) is 25.2. The molecule has 3 fully saturated rings. The Morgan fingerprint density at radius 3 is 2.47 bits per heavy atom. The maximum Gasteiger partial charge on any atom is 0.433 e. The summed E-state index contributed by atoms with van der Waals surface area (Å²) in [6.45, 7) is 3.64. The highest BCUT2D eigenvalue weighted by Gasteiger charge is 2.68. The Morgan fingerprint density at radius 2 is 1.75 bits per heavy atom. The second-order valence-electron chi connectivity index (χ2n) is 15.8. The number of allylic oxidation sites excluding steroid dienone is 2. The molecule has 6 atom stereocenters. The van der Waals surface area contributed by atoms with E-state index in [9.17, 15) is 32.7 Å². The molecular weight excluding hydrogens is 844 g/mol. The zero-order valence-corrected chi connectivity index (χ0v) is 34.9. The topological polar surface area (TPSA) is 138 Å². The van der Waals surface area contributed by atoms with Crippen molar-refractivity contribution in [1.29, 1.82) is 0 Å². The number of aromatic nitrogens is 3. The monoisotopic (exact) mass is 878 g/mol. The highest BCUT2D eigenvalue weighted by atomic mass is 35.5. The third-order valence-electron chi connectivity index (χ3n) is 12.7. The van der Waals surface area contributed by atoms with Gasteiger partial charge in [0.25, 0.3) is 11.8 Å². The number of phenols is 1. The molecule has 4 aliphatic rings. The van der Waals surface area contributed by atoms with Crippen molar-refractivity contribution in [2.24, 2.45) is 36.1 Å².